The van der Waals surface area contributed by atoms with Gasteiger partial charge in [-0.2, -0.15) is 23.1 Å². The van der Waals surface area contributed by atoms with Gasteiger partial charge in [0.25, 0.3) is 0 Å². The van der Waals surface area contributed by atoms with E-state index in [2.05, 4.69) is 25.1 Å². The van der Waals surface area contributed by atoms with Gasteiger partial charge in [0, 0.05) is 37.6 Å². The molecule has 8 rings (SSSR count). The van der Waals surface area contributed by atoms with Crippen molar-refractivity contribution in [1.29, 1.82) is 0 Å². The molecule has 8 nitrogen and oxygen atoms in total. The summed E-state index contributed by atoms with van der Waals surface area (Å²) in [5.41, 5.74) is 3.24. The van der Waals surface area contributed by atoms with Crippen molar-refractivity contribution in [2.75, 3.05) is 36.9 Å². The van der Waals surface area contributed by atoms with Crippen LogP contribution >= 0.6 is 11.6 Å². The van der Waals surface area contributed by atoms with Gasteiger partial charge in [-0.25, -0.2) is 13.8 Å². The van der Waals surface area contributed by atoms with Crippen LogP contribution in [0.3, 0.4) is 0 Å². The van der Waals surface area contributed by atoms with Crippen LogP contribution in [0.2, 0.25) is 5.02 Å². The molecule has 4 fully saturated rings. The third-order valence-electron chi connectivity index (χ3n) is 10.6. The third-order valence-corrected chi connectivity index (χ3v) is 11.0. The SMILES string of the molecule is Cc1cc(N)nc(-c2c(Cl)c3c4c(nc(OC[C@@]56CCCN5C[C@H](F)C6)nc4c2F)N2C[C@H]4CC[C@H](N4)[C@H]2CC3)c1C(F)(F)F. The zero-order valence-corrected chi connectivity index (χ0v) is 25.4. The molecule has 0 spiro atoms. The predicted octanol–water partition coefficient (Wildman–Crippen LogP) is 5.60. The van der Waals surface area contributed by atoms with Crippen molar-refractivity contribution in [3.8, 4) is 17.3 Å². The first kappa shape index (κ1) is 29.4. The van der Waals surface area contributed by atoms with Gasteiger partial charge in [-0.3, -0.25) is 4.90 Å². The molecule has 0 saturated carbocycles. The molecule has 0 radical (unpaired) electrons. The number of nitrogens with one attached hydrogen (secondary N) is 1. The summed E-state index contributed by atoms with van der Waals surface area (Å²) >= 11 is 6.92. The Bertz CT molecular complexity index is 1720. The van der Waals surface area contributed by atoms with Gasteiger partial charge >= 0.3 is 12.2 Å². The Balaban J connectivity index is 1.34. The summed E-state index contributed by atoms with van der Waals surface area (Å²) in [6.45, 7) is 3.12. The first-order valence-electron chi connectivity index (χ1n) is 15.5. The summed E-state index contributed by atoms with van der Waals surface area (Å²) in [5.74, 6) is -0.773. The zero-order valence-electron chi connectivity index (χ0n) is 24.7. The minimum absolute atomic E-state index is 0.00852. The number of alkyl halides is 4. The van der Waals surface area contributed by atoms with Crippen LogP contribution in [0.25, 0.3) is 22.2 Å². The van der Waals surface area contributed by atoms with E-state index in [1.54, 1.807) is 0 Å². The van der Waals surface area contributed by atoms with Crippen molar-refractivity contribution in [2.24, 2.45) is 0 Å². The Morgan fingerprint density at radius 3 is 2.80 bits per heavy atom. The molecular formula is C31H33ClF5N7O. The molecule has 240 valence electrons. The quantitative estimate of drug-likeness (QED) is 0.353. The summed E-state index contributed by atoms with van der Waals surface area (Å²) in [4.78, 5) is 17.6. The van der Waals surface area contributed by atoms with Gasteiger partial charge in [0.1, 0.15) is 29.9 Å². The number of nitrogens with two attached hydrogens (primary N) is 1. The second-order valence-corrected chi connectivity index (χ2v) is 13.7. The average molecular weight is 650 g/mol. The Labute approximate surface area is 261 Å². The summed E-state index contributed by atoms with van der Waals surface area (Å²) in [5, 5.41) is 3.89. The van der Waals surface area contributed by atoms with E-state index < -0.39 is 40.5 Å². The van der Waals surface area contributed by atoms with Crippen LogP contribution < -0.4 is 20.7 Å². The number of fused-ring (bicyclic) bond motifs is 6. The molecule has 2 aromatic heterocycles. The molecule has 2 bridgehead atoms. The fourth-order valence-corrected chi connectivity index (χ4v) is 9.08. The number of hydrogen-bond acceptors (Lipinski definition) is 8. The van der Waals surface area contributed by atoms with Gasteiger partial charge in [-0.1, -0.05) is 11.6 Å². The fraction of sp³-hybridized carbons (Fsp3) is 0.581. The topological polar surface area (TPSA) is 92.4 Å². The van der Waals surface area contributed by atoms with Gasteiger partial charge in [0.2, 0.25) is 0 Å². The minimum atomic E-state index is -4.85. The lowest BCUT2D eigenvalue weighted by Gasteiger charge is -2.41. The van der Waals surface area contributed by atoms with Gasteiger partial charge < -0.3 is 20.7 Å². The summed E-state index contributed by atoms with van der Waals surface area (Å²) < 4.78 is 80.9. The van der Waals surface area contributed by atoms with Crippen LogP contribution in [-0.4, -0.2) is 75.9 Å². The van der Waals surface area contributed by atoms with Crippen molar-refractivity contribution >= 4 is 34.1 Å². The highest BCUT2D eigenvalue weighted by Crippen LogP contribution is 2.49. The normalized spacial score (nSPS) is 29.3. The lowest BCUT2D eigenvalue weighted by atomic mass is 9.93. The number of ether oxygens (including phenoxy) is 1. The van der Waals surface area contributed by atoms with Gasteiger partial charge in [-0.05, 0) is 69.2 Å². The Morgan fingerprint density at radius 1 is 1.18 bits per heavy atom. The van der Waals surface area contributed by atoms with Gasteiger partial charge in [0.15, 0.2) is 5.82 Å². The summed E-state index contributed by atoms with van der Waals surface area (Å²) in [6.07, 6.45) is -0.835. The molecule has 3 aromatic rings. The van der Waals surface area contributed by atoms with Crippen LogP contribution in [0.1, 0.15) is 55.2 Å². The van der Waals surface area contributed by atoms with Crippen LogP contribution in [-0.2, 0) is 12.6 Å². The number of hydrogen-bond donors (Lipinski definition) is 2. The molecule has 4 saturated heterocycles. The van der Waals surface area contributed by atoms with Crippen molar-refractivity contribution in [3.05, 3.63) is 33.6 Å². The molecular weight excluding hydrogens is 617 g/mol. The lowest BCUT2D eigenvalue weighted by Crippen LogP contribution is -2.58. The second kappa shape index (κ2) is 10.2. The largest absolute Gasteiger partial charge is 0.461 e. The maximum absolute atomic E-state index is 16.9. The standard InChI is InChI=1S/C31H33ClF5N7O/c1-14-9-20(38)40-26(23(14)31(35,36)37)22-24(32)17-4-6-19-18-5-3-16(39-18)12-44(19)28-21(17)27(25(22)34)41-29(42-28)45-13-30-7-2-8-43(30)11-15(33)10-30/h9,15-16,18-19,39H,2-8,10-13H2,1H3,(H2,38,40)/t15-,16-,18+,19-,30+/m1/s1. The number of piperazine rings is 1. The van der Waals surface area contributed by atoms with E-state index in [9.17, 15) is 17.6 Å². The molecule has 0 unspecified atom stereocenters. The number of aromatic nitrogens is 3. The van der Waals surface area contributed by atoms with Crippen LogP contribution in [0, 0.1) is 12.7 Å². The second-order valence-electron chi connectivity index (χ2n) is 13.3. The van der Waals surface area contributed by atoms with Crippen molar-refractivity contribution in [2.45, 2.75) is 87.9 Å². The van der Waals surface area contributed by atoms with Crippen LogP contribution in [0.5, 0.6) is 6.01 Å². The van der Waals surface area contributed by atoms with E-state index in [0.717, 1.165) is 38.3 Å². The number of aryl methyl sites for hydroxylation is 2. The number of nitrogens with zero attached hydrogens (tertiary/aromatic N) is 5. The minimum Gasteiger partial charge on any atom is -0.461 e. The average Bonchev–Trinajstić information content (AvgIpc) is 3.59. The van der Waals surface area contributed by atoms with E-state index >= 15 is 4.39 Å². The number of rotatable bonds is 4. The fourth-order valence-electron chi connectivity index (χ4n) is 8.72. The van der Waals surface area contributed by atoms with Crippen LogP contribution in [0.4, 0.5) is 33.6 Å². The molecule has 5 aliphatic heterocycles. The zero-order chi connectivity index (χ0) is 31.4. The van der Waals surface area contributed by atoms with Gasteiger partial charge in [-0.15, -0.1) is 0 Å². The molecule has 1 aromatic carbocycles. The number of anilines is 2. The van der Waals surface area contributed by atoms with E-state index in [1.165, 1.54) is 6.92 Å². The summed E-state index contributed by atoms with van der Waals surface area (Å²) in [6, 6.07) is 1.42. The Kier molecular flexibility index (Phi) is 6.68. The molecule has 5 aliphatic rings. The maximum atomic E-state index is 16.9. The molecule has 0 aliphatic carbocycles. The first-order chi connectivity index (χ1) is 21.4. The maximum Gasteiger partial charge on any atom is 0.418 e. The number of benzene rings is 1. The Hall–Kier alpha value is -3.03. The predicted molar refractivity (Wildman–Crippen MR) is 160 cm³/mol. The van der Waals surface area contributed by atoms with Crippen molar-refractivity contribution in [3.63, 3.8) is 0 Å². The number of nitrogen functional groups attached to an aromatic ring is 1. The highest BCUT2D eigenvalue weighted by Gasteiger charge is 2.50. The molecule has 14 heteroatoms. The van der Waals surface area contributed by atoms with E-state index in [1.807, 2.05) is 0 Å². The highest BCUT2D eigenvalue weighted by atomic mass is 35.5. The first-order valence-corrected chi connectivity index (χ1v) is 15.9. The Morgan fingerprint density at radius 2 is 2.00 bits per heavy atom. The van der Waals surface area contributed by atoms with Crippen LogP contribution in [0.15, 0.2) is 6.07 Å². The van der Waals surface area contributed by atoms with Gasteiger partial charge in [0.05, 0.1) is 32.8 Å². The molecule has 3 N–H and O–H groups in total. The monoisotopic (exact) mass is 649 g/mol. The van der Waals surface area contributed by atoms with E-state index in [-0.39, 0.29) is 52.7 Å². The lowest BCUT2D eigenvalue weighted by molar-refractivity contribution is -0.137. The summed E-state index contributed by atoms with van der Waals surface area (Å²) in [7, 11) is 0. The van der Waals surface area contributed by atoms with Crippen molar-refractivity contribution in [1.82, 2.24) is 25.2 Å². The van der Waals surface area contributed by atoms with Crippen molar-refractivity contribution < 1.29 is 26.7 Å². The smallest absolute Gasteiger partial charge is 0.418 e. The number of pyridine rings is 1. The van der Waals surface area contributed by atoms with E-state index in [0.29, 0.717) is 49.1 Å². The third kappa shape index (κ3) is 4.55. The highest BCUT2D eigenvalue weighted by molar-refractivity contribution is 6.35. The number of halogens is 6. The molecule has 45 heavy (non-hydrogen) atoms. The molecule has 7 heterocycles. The molecule has 0 amide bonds. The van der Waals surface area contributed by atoms with E-state index in [4.69, 9.17) is 27.1 Å². The molecule has 5 atom stereocenters.